The molecule has 0 heterocycles. The Morgan fingerprint density at radius 3 is 2.29 bits per heavy atom. The predicted octanol–water partition coefficient (Wildman–Crippen LogP) is 3.13. The minimum atomic E-state index is -0.739. The molecule has 1 aromatic rings. The molecule has 0 aromatic heterocycles. The van der Waals surface area contributed by atoms with Gasteiger partial charge >= 0.3 is 5.97 Å². The summed E-state index contributed by atoms with van der Waals surface area (Å²) in [5, 5.41) is 12.0. The van der Waals surface area contributed by atoms with Crippen LogP contribution in [-0.4, -0.2) is 17.6 Å². The lowest BCUT2D eigenvalue weighted by Crippen LogP contribution is -2.16. The Balaban J connectivity index is 2.66. The molecule has 1 aromatic carbocycles. The number of aliphatic carboxylic acids is 1. The normalized spacial score (nSPS) is 12.2. The van der Waals surface area contributed by atoms with Gasteiger partial charge in [-0.25, -0.2) is 0 Å². The van der Waals surface area contributed by atoms with Gasteiger partial charge in [-0.3, -0.25) is 4.79 Å². The highest BCUT2D eigenvalue weighted by molar-refractivity contribution is 5.67. The van der Waals surface area contributed by atoms with Crippen LogP contribution in [0, 0.1) is 26.7 Å². The summed E-state index contributed by atoms with van der Waals surface area (Å²) in [6, 6.07) is 4.27. The topological polar surface area (TPSA) is 49.3 Å². The summed E-state index contributed by atoms with van der Waals surface area (Å²) in [5.74, 6) is -0.607. The highest BCUT2D eigenvalue weighted by Crippen LogP contribution is 2.22. The smallest absolute Gasteiger partial charge is 0.303 e. The second-order valence-corrected chi connectivity index (χ2v) is 4.86. The molecule has 0 bridgehead atoms. The number of hydrogen-bond donors (Lipinski definition) is 2. The van der Waals surface area contributed by atoms with Crippen molar-refractivity contribution < 1.29 is 9.90 Å². The lowest BCUT2D eigenvalue weighted by molar-refractivity contribution is -0.137. The molecule has 3 nitrogen and oxygen atoms in total. The van der Waals surface area contributed by atoms with E-state index in [-0.39, 0.29) is 12.3 Å². The second-order valence-electron chi connectivity index (χ2n) is 4.86. The van der Waals surface area contributed by atoms with E-state index in [1.54, 1.807) is 0 Å². The number of carboxylic acids is 1. The molecular weight excluding hydrogens is 214 g/mol. The molecule has 0 saturated heterocycles. The summed E-state index contributed by atoms with van der Waals surface area (Å²) in [5.41, 5.74) is 4.81. The lowest BCUT2D eigenvalue weighted by atomic mass is 10.0. The van der Waals surface area contributed by atoms with Gasteiger partial charge in [0.05, 0.1) is 0 Å². The first-order valence-electron chi connectivity index (χ1n) is 5.93. The molecular formula is C14H21NO2. The van der Waals surface area contributed by atoms with E-state index < -0.39 is 5.97 Å². The van der Waals surface area contributed by atoms with E-state index in [2.05, 4.69) is 38.2 Å². The van der Waals surface area contributed by atoms with Crippen LogP contribution in [0.4, 0.5) is 5.69 Å². The summed E-state index contributed by atoms with van der Waals surface area (Å²) in [6.07, 6.45) is 0.205. The van der Waals surface area contributed by atoms with Crippen LogP contribution in [0.5, 0.6) is 0 Å². The summed E-state index contributed by atoms with van der Waals surface area (Å²) >= 11 is 0. The fourth-order valence-electron chi connectivity index (χ4n) is 2.11. The van der Waals surface area contributed by atoms with Gasteiger partial charge in [-0.15, -0.1) is 0 Å². The summed E-state index contributed by atoms with van der Waals surface area (Å²) in [4.78, 5) is 10.6. The van der Waals surface area contributed by atoms with Crippen LogP contribution in [0.15, 0.2) is 12.1 Å². The van der Waals surface area contributed by atoms with Gasteiger partial charge in [0.1, 0.15) is 0 Å². The highest BCUT2D eigenvalue weighted by Gasteiger charge is 2.09. The zero-order chi connectivity index (χ0) is 13.0. The Labute approximate surface area is 103 Å². The number of benzene rings is 1. The maximum absolute atomic E-state index is 10.6. The monoisotopic (exact) mass is 235 g/mol. The van der Waals surface area contributed by atoms with Gasteiger partial charge < -0.3 is 10.4 Å². The van der Waals surface area contributed by atoms with Crippen LogP contribution in [0.25, 0.3) is 0 Å². The molecule has 0 saturated carbocycles. The SMILES string of the molecule is Cc1cc(C)c(NCC(C)CC(=O)O)c(C)c1. The van der Waals surface area contributed by atoms with Crippen molar-refractivity contribution in [1.82, 2.24) is 0 Å². The van der Waals surface area contributed by atoms with Gasteiger partial charge in [-0.2, -0.15) is 0 Å². The van der Waals surface area contributed by atoms with Crippen LogP contribution in [0.1, 0.15) is 30.0 Å². The maximum Gasteiger partial charge on any atom is 0.303 e. The van der Waals surface area contributed by atoms with E-state index in [0.717, 1.165) is 5.69 Å². The first-order valence-corrected chi connectivity index (χ1v) is 5.93. The minimum Gasteiger partial charge on any atom is -0.481 e. The molecule has 3 heteroatoms. The maximum atomic E-state index is 10.6. The Bertz CT molecular complexity index is 390. The van der Waals surface area contributed by atoms with Crippen LogP contribution in [-0.2, 0) is 4.79 Å². The first-order chi connectivity index (χ1) is 7.90. The average Bonchev–Trinajstić information content (AvgIpc) is 2.14. The van der Waals surface area contributed by atoms with Crippen LogP contribution < -0.4 is 5.32 Å². The largest absolute Gasteiger partial charge is 0.481 e. The summed E-state index contributed by atoms with van der Waals surface area (Å²) in [6.45, 7) is 8.86. The standard InChI is InChI=1S/C14H21NO2/c1-9-5-11(3)14(12(4)6-9)15-8-10(2)7-13(16)17/h5-6,10,15H,7-8H2,1-4H3,(H,16,17). The fraction of sp³-hybridized carbons (Fsp3) is 0.500. The molecule has 0 aliphatic carbocycles. The fourth-order valence-corrected chi connectivity index (χ4v) is 2.11. The van der Waals surface area contributed by atoms with Gasteiger partial charge in [-0.1, -0.05) is 24.6 Å². The van der Waals surface area contributed by atoms with E-state index in [1.807, 2.05) is 6.92 Å². The van der Waals surface area contributed by atoms with Crippen molar-refractivity contribution in [2.45, 2.75) is 34.1 Å². The van der Waals surface area contributed by atoms with Gasteiger partial charge in [0, 0.05) is 18.7 Å². The third-order valence-electron chi connectivity index (χ3n) is 2.83. The molecule has 17 heavy (non-hydrogen) atoms. The van der Waals surface area contributed by atoms with Crippen molar-refractivity contribution >= 4 is 11.7 Å². The number of carbonyl (C=O) groups is 1. The molecule has 0 amide bonds. The highest BCUT2D eigenvalue weighted by atomic mass is 16.4. The first kappa shape index (κ1) is 13.6. The quantitative estimate of drug-likeness (QED) is 0.824. The number of nitrogens with one attached hydrogen (secondary N) is 1. The lowest BCUT2D eigenvalue weighted by Gasteiger charge is -2.16. The van der Waals surface area contributed by atoms with Crippen molar-refractivity contribution in [2.75, 3.05) is 11.9 Å². The zero-order valence-electron chi connectivity index (χ0n) is 11.0. The van der Waals surface area contributed by atoms with E-state index in [1.165, 1.54) is 16.7 Å². The van der Waals surface area contributed by atoms with Crippen molar-refractivity contribution in [2.24, 2.45) is 5.92 Å². The second kappa shape index (κ2) is 5.71. The number of hydrogen-bond acceptors (Lipinski definition) is 2. The van der Waals surface area contributed by atoms with Gasteiger partial charge in [0.15, 0.2) is 0 Å². The molecule has 2 N–H and O–H groups in total. The Hall–Kier alpha value is -1.51. The number of anilines is 1. The zero-order valence-corrected chi connectivity index (χ0v) is 11.0. The van der Waals surface area contributed by atoms with Gasteiger partial charge in [-0.05, 0) is 37.8 Å². The molecule has 1 unspecified atom stereocenters. The van der Waals surface area contributed by atoms with Crippen LogP contribution >= 0.6 is 0 Å². The summed E-state index contributed by atoms with van der Waals surface area (Å²) < 4.78 is 0. The number of carboxylic acid groups (broad SMARTS) is 1. The molecule has 0 radical (unpaired) electrons. The molecule has 94 valence electrons. The summed E-state index contributed by atoms with van der Waals surface area (Å²) in [7, 11) is 0. The minimum absolute atomic E-state index is 0.132. The molecule has 1 atom stereocenters. The van der Waals surface area contributed by atoms with E-state index >= 15 is 0 Å². The Morgan fingerprint density at radius 2 is 1.82 bits per heavy atom. The third kappa shape index (κ3) is 4.10. The van der Waals surface area contributed by atoms with Gasteiger partial charge in [0.2, 0.25) is 0 Å². The third-order valence-corrected chi connectivity index (χ3v) is 2.83. The molecule has 1 rings (SSSR count). The Morgan fingerprint density at radius 1 is 1.29 bits per heavy atom. The molecule has 0 spiro atoms. The predicted molar refractivity (Wildman–Crippen MR) is 70.6 cm³/mol. The van der Waals surface area contributed by atoms with Crippen LogP contribution in [0.3, 0.4) is 0 Å². The van der Waals surface area contributed by atoms with E-state index in [4.69, 9.17) is 5.11 Å². The van der Waals surface area contributed by atoms with Crippen molar-refractivity contribution in [3.8, 4) is 0 Å². The molecule has 0 aliphatic heterocycles. The average molecular weight is 235 g/mol. The van der Waals surface area contributed by atoms with Crippen molar-refractivity contribution in [1.29, 1.82) is 0 Å². The molecule has 0 aliphatic rings. The number of rotatable bonds is 5. The van der Waals surface area contributed by atoms with Crippen molar-refractivity contribution in [3.63, 3.8) is 0 Å². The van der Waals surface area contributed by atoms with E-state index in [0.29, 0.717) is 6.54 Å². The van der Waals surface area contributed by atoms with Crippen molar-refractivity contribution in [3.05, 3.63) is 28.8 Å². The van der Waals surface area contributed by atoms with Gasteiger partial charge in [0.25, 0.3) is 0 Å². The van der Waals surface area contributed by atoms with E-state index in [9.17, 15) is 4.79 Å². The number of aryl methyl sites for hydroxylation is 3. The Kier molecular flexibility index (Phi) is 4.55. The van der Waals surface area contributed by atoms with Crippen LogP contribution in [0.2, 0.25) is 0 Å². The molecule has 0 fully saturated rings.